The van der Waals surface area contributed by atoms with Crippen molar-refractivity contribution in [2.24, 2.45) is 0 Å². The highest BCUT2D eigenvalue weighted by Crippen LogP contribution is 2.43. The van der Waals surface area contributed by atoms with Crippen LogP contribution in [0.1, 0.15) is 37.3 Å². The summed E-state index contributed by atoms with van der Waals surface area (Å²) < 4.78 is 37.9. The zero-order valence-corrected chi connectivity index (χ0v) is 23.1. The number of carbonyl (C=O) groups is 1. The molecule has 4 aromatic rings. The van der Waals surface area contributed by atoms with Gasteiger partial charge in [0, 0.05) is 42.2 Å². The Morgan fingerprint density at radius 3 is 2.42 bits per heavy atom. The number of pyridine rings is 1. The average molecular weight is 566 g/mol. The lowest BCUT2D eigenvalue weighted by molar-refractivity contribution is -0.173. The van der Waals surface area contributed by atoms with Gasteiger partial charge in [-0.2, -0.15) is 9.61 Å². The van der Waals surface area contributed by atoms with Gasteiger partial charge < -0.3 is 20.3 Å². The van der Waals surface area contributed by atoms with Gasteiger partial charge in [-0.25, -0.2) is 18.2 Å². The second-order valence-electron chi connectivity index (χ2n) is 9.99. The van der Waals surface area contributed by atoms with Crippen LogP contribution in [0.4, 0.5) is 5.82 Å². The SMILES string of the molecule is COCCO[C@]1(C(=O)O)CC[C@@H](c2nc3c(-c4ccc(-c5ccccc5)nc4)cnn3c(N)c2S(C)(=O)=O)CC1. The number of carboxylic acids is 1. The number of rotatable bonds is 9. The standard InChI is InChI=1S/C28H31N5O6S/c1-38-14-15-39-28(27(34)35)12-10-19(11-13-28)23-24(40(2,36)37)25(29)33-26(32-23)21(17-31-33)20-8-9-22(30-16-20)18-6-4-3-5-7-18/h3-9,16-17,19H,10-15,29H2,1-2H3,(H,34,35)/t19-,28-. The first-order chi connectivity index (χ1) is 19.1. The van der Waals surface area contributed by atoms with Crippen molar-refractivity contribution in [1.82, 2.24) is 19.6 Å². The molecule has 1 aliphatic carbocycles. The Morgan fingerprint density at radius 2 is 1.82 bits per heavy atom. The Bertz CT molecular complexity index is 1630. The van der Waals surface area contributed by atoms with Gasteiger partial charge >= 0.3 is 5.97 Å². The maximum absolute atomic E-state index is 12.9. The van der Waals surface area contributed by atoms with Crippen molar-refractivity contribution in [2.75, 3.05) is 32.3 Å². The molecule has 210 valence electrons. The quantitative estimate of drug-likeness (QED) is 0.287. The summed E-state index contributed by atoms with van der Waals surface area (Å²) in [6.45, 7) is 0.423. The minimum absolute atomic E-state index is 0.0333. The van der Waals surface area contributed by atoms with Crippen LogP contribution in [0.5, 0.6) is 0 Å². The van der Waals surface area contributed by atoms with Crippen molar-refractivity contribution >= 4 is 27.3 Å². The van der Waals surface area contributed by atoms with Crippen molar-refractivity contribution in [3.63, 3.8) is 0 Å². The Kier molecular flexibility index (Phi) is 7.58. The summed E-state index contributed by atoms with van der Waals surface area (Å²) in [4.78, 5) is 21.5. The van der Waals surface area contributed by atoms with Gasteiger partial charge in [-0.05, 0) is 31.7 Å². The van der Waals surface area contributed by atoms with Crippen LogP contribution >= 0.6 is 0 Å². The minimum atomic E-state index is -3.78. The van der Waals surface area contributed by atoms with E-state index in [1.165, 1.54) is 11.6 Å². The van der Waals surface area contributed by atoms with E-state index in [2.05, 4.69) is 10.1 Å². The lowest BCUT2D eigenvalue weighted by Gasteiger charge is -2.36. The molecule has 0 bridgehead atoms. The van der Waals surface area contributed by atoms with Gasteiger partial charge in [-0.3, -0.25) is 4.98 Å². The molecular weight excluding hydrogens is 534 g/mol. The molecule has 1 aromatic carbocycles. The zero-order valence-electron chi connectivity index (χ0n) is 22.3. The number of hydrogen-bond acceptors (Lipinski definition) is 9. The highest BCUT2D eigenvalue weighted by Gasteiger charge is 2.44. The fourth-order valence-corrected chi connectivity index (χ4v) is 6.37. The van der Waals surface area contributed by atoms with E-state index in [4.69, 9.17) is 20.2 Å². The number of carboxylic acid groups (broad SMARTS) is 1. The number of aromatic nitrogens is 4. The van der Waals surface area contributed by atoms with E-state index in [0.717, 1.165) is 23.1 Å². The number of sulfone groups is 1. The first kappa shape index (κ1) is 27.7. The highest BCUT2D eigenvalue weighted by atomic mass is 32.2. The third-order valence-electron chi connectivity index (χ3n) is 7.41. The number of ether oxygens (including phenoxy) is 2. The third-order valence-corrected chi connectivity index (χ3v) is 8.57. The van der Waals surface area contributed by atoms with Crippen molar-refractivity contribution in [3.05, 3.63) is 60.6 Å². The van der Waals surface area contributed by atoms with Gasteiger partial charge in [0.05, 0.1) is 30.8 Å². The molecular formula is C28H31N5O6S. The van der Waals surface area contributed by atoms with Crippen molar-refractivity contribution in [2.45, 2.75) is 42.1 Å². The number of hydrogen-bond donors (Lipinski definition) is 2. The summed E-state index contributed by atoms with van der Waals surface area (Å²) in [7, 11) is -2.27. The van der Waals surface area contributed by atoms with Crippen LogP contribution in [-0.2, 0) is 24.1 Å². The van der Waals surface area contributed by atoms with Crippen LogP contribution in [0.25, 0.3) is 28.0 Å². The molecule has 0 amide bonds. The molecule has 3 N–H and O–H groups in total. The lowest BCUT2D eigenvalue weighted by Crippen LogP contribution is -2.45. The summed E-state index contributed by atoms with van der Waals surface area (Å²) in [5, 5.41) is 14.3. The topological polar surface area (TPSA) is 159 Å². The molecule has 5 rings (SSSR count). The molecule has 12 heteroatoms. The molecule has 3 heterocycles. The number of benzene rings is 1. The van der Waals surface area contributed by atoms with Crippen molar-refractivity contribution < 1.29 is 27.8 Å². The van der Waals surface area contributed by atoms with E-state index in [9.17, 15) is 18.3 Å². The number of nitrogens with two attached hydrogens (primary N) is 1. The van der Waals surface area contributed by atoms with Crippen LogP contribution in [0.3, 0.4) is 0 Å². The summed E-state index contributed by atoms with van der Waals surface area (Å²) in [6.07, 6.45) is 5.52. The molecule has 1 saturated carbocycles. The summed E-state index contributed by atoms with van der Waals surface area (Å²) in [6, 6.07) is 13.6. The maximum atomic E-state index is 12.9. The molecule has 40 heavy (non-hydrogen) atoms. The average Bonchev–Trinajstić information content (AvgIpc) is 3.38. The Morgan fingerprint density at radius 1 is 1.10 bits per heavy atom. The third kappa shape index (κ3) is 5.17. The van der Waals surface area contributed by atoms with Gasteiger partial charge in [0.25, 0.3) is 0 Å². The lowest BCUT2D eigenvalue weighted by atomic mass is 9.77. The number of anilines is 1. The number of fused-ring (bicyclic) bond motifs is 1. The van der Waals surface area contributed by atoms with Crippen LogP contribution in [-0.4, -0.2) is 71.3 Å². The van der Waals surface area contributed by atoms with Gasteiger partial charge in [0.1, 0.15) is 10.7 Å². The fourth-order valence-electron chi connectivity index (χ4n) is 5.31. The van der Waals surface area contributed by atoms with Crippen LogP contribution < -0.4 is 5.73 Å². The van der Waals surface area contributed by atoms with Gasteiger partial charge in [-0.15, -0.1) is 0 Å². The van der Waals surface area contributed by atoms with Crippen LogP contribution in [0.2, 0.25) is 0 Å². The minimum Gasteiger partial charge on any atom is -0.479 e. The Labute approximate surface area is 231 Å². The van der Waals surface area contributed by atoms with Crippen LogP contribution in [0.15, 0.2) is 59.8 Å². The first-order valence-electron chi connectivity index (χ1n) is 12.9. The number of methoxy groups -OCH3 is 1. The smallest absolute Gasteiger partial charge is 0.335 e. The van der Waals surface area contributed by atoms with E-state index in [-0.39, 0.29) is 42.7 Å². The van der Waals surface area contributed by atoms with E-state index >= 15 is 0 Å². The van der Waals surface area contributed by atoms with Gasteiger partial charge in [0.15, 0.2) is 21.1 Å². The first-order valence-corrected chi connectivity index (χ1v) is 14.8. The van der Waals surface area contributed by atoms with Crippen LogP contribution in [0, 0.1) is 0 Å². The molecule has 0 spiro atoms. The predicted octanol–water partition coefficient (Wildman–Crippen LogP) is 3.59. The molecule has 11 nitrogen and oxygen atoms in total. The zero-order chi connectivity index (χ0) is 28.5. The van der Waals surface area contributed by atoms with Crippen molar-refractivity contribution in [1.29, 1.82) is 0 Å². The number of nitrogen functional groups attached to an aromatic ring is 1. The van der Waals surface area contributed by atoms with E-state index < -0.39 is 21.4 Å². The maximum Gasteiger partial charge on any atom is 0.335 e. The van der Waals surface area contributed by atoms with Gasteiger partial charge in [0.2, 0.25) is 0 Å². The molecule has 1 aliphatic rings. The Hall–Kier alpha value is -3.87. The fraction of sp³-hybridized carbons (Fsp3) is 0.357. The molecule has 3 aromatic heterocycles. The molecule has 0 atom stereocenters. The number of aliphatic carboxylic acids is 1. The summed E-state index contributed by atoms with van der Waals surface area (Å²) in [5.74, 6) is -1.41. The molecule has 0 radical (unpaired) electrons. The van der Waals surface area contributed by atoms with E-state index in [1.54, 1.807) is 12.4 Å². The molecule has 1 fully saturated rings. The normalized spacial score (nSPS) is 19.6. The van der Waals surface area contributed by atoms with Gasteiger partial charge in [-0.1, -0.05) is 36.4 Å². The van der Waals surface area contributed by atoms with Crippen molar-refractivity contribution in [3.8, 4) is 22.4 Å². The summed E-state index contributed by atoms with van der Waals surface area (Å²) in [5.41, 5.74) is 8.98. The monoisotopic (exact) mass is 565 g/mol. The molecule has 0 aliphatic heterocycles. The second kappa shape index (κ2) is 11.0. The molecule has 0 saturated heterocycles. The predicted molar refractivity (Wildman–Crippen MR) is 149 cm³/mol. The van der Waals surface area contributed by atoms with E-state index in [1.807, 2.05) is 42.5 Å². The summed E-state index contributed by atoms with van der Waals surface area (Å²) >= 11 is 0. The molecule has 0 unspecified atom stereocenters. The van der Waals surface area contributed by atoms with E-state index in [0.29, 0.717) is 29.7 Å². The highest BCUT2D eigenvalue weighted by molar-refractivity contribution is 7.91. The second-order valence-corrected chi connectivity index (χ2v) is 11.9. The number of nitrogens with zero attached hydrogens (tertiary/aromatic N) is 4. The Balaban J connectivity index is 1.53. The largest absolute Gasteiger partial charge is 0.479 e.